The number of anilines is 1. The molecule has 3 rings (SSSR count). The highest BCUT2D eigenvalue weighted by Crippen LogP contribution is 2.35. The summed E-state index contributed by atoms with van der Waals surface area (Å²) >= 11 is 0. The third kappa shape index (κ3) is 2.99. The molecule has 0 N–H and O–H groups in total. The average molecular weight is 340 g/mol. The van der Waals surface area contributed by atoms with Crippen LogP contribution in [-0.2, 0) is 16.0 Å². The molecule has 4 nitrogen and oxygen atoms in total. The zero-order chi connectivity index (χ0) is 17.5. The van der Waals surface area contributed by atoms with Gasteiger partial charge in [0.15, 0.2) is 0 Å². The number of nitrogens with zero attached hydrogens (tertiary/aromatic N) is 2. The fourth-order valence-electron chi connectivity index (χ4n) is 3.61. The summed E-state index contributed by atoms with van der Waals surface area (Å²) < 4.78 is 37.5. The molecule has 2 aliphatic rings. The molecule has 2 amide bonds. The highest BCUT2D eigenvalue weighted by Gasteiger charge is 2.44. The number of halogens is 3. The van der Waals surface area contributed by atoms with Crippen LogP contribution in [0.3, 0.4) is 0 Å². The van der Waals surface area contributed by atoms with E-state index in [1.807, 2.05) is 31.2 Å². The van der Waals surface area contributed by atoms with Gasteiger partial charge in [0.05, 0.1) is 0 Å². The number of para-hydroxylation sites is 1. The van der Waals surface area contributed by atoms with E-state index in [2.05, 4.69) is 0 Å². The van der Waals surface area contributed by atoms with Gasteiger partial charge < -0.3 is 9.80 Å². The van der Waals surface area contributed by atoms with Crippen LogP contribution in [0, 0.1) is 5.92 Å². The highest BCUT2D eigenvalue weighted by molar-refractivity contribution is 5.97. The summed E-state index contributed by atoms with van der Waals surface area (Å²) in [6, 6.07) is 7.75. The van der Waals surface area contributed by atoms with Gasteiger partial charge in [0.25, 0.3) is 0 Å². The van der Waals surface area contributed by atoms with Gasteiger partial charge in [-0.15, -0.1) is 0 Å². The largest absolute Gasteiger partial charge is 0.471 e. The van der Waals surface area contributed by atoms with Crippen molar-refractivity contribution in [1.82, 2.24) is 4.90 Å². The van der Waals surface area contributed by atoms with Crippen LogP contribution in [0.5, 0.6) is 0 Å². The summed E-state index contributed by atoms with van der Waals surface area (Å²) in [6.07, 6.45) is -3.52. The number of amides is 2. The fraction of sp³-hybridized carbons (Fsp3) is 0.529. The van der Waals surface area contributed by atoms with E-state index < -0.39 is 12.1 Å². The Balaban J connectivity index is 1.67. The Bertz CT molecular complexity index is 651. The SMILES string of the molecule is CC1Cc2ccccc2N1C(=O)C1CCN(C(=O)C(F)(F)F)CC1. The molecule has 2 aliphatic heterocycles. The Kier molecular flexibility index (Phi) is 4.27. The molecule has 0 aromatic heterocycles. The lowest BCUT2D eigenvalue weighted by atomic mass is 9.94. The zero-order valence-corrected chi connectivity index (χ0v) is 13.3. The van der Waals surface area contributed by atoms with Crippen LogP contribution in [0.15, 0.2) is 24.3 Å². The van der Waals surface area contributed by atoms with Crippen molar-refractivity contribution in [3.8, 4) is 0 Å². The van der Waals surface area contributed by atoms with Gasteiger partial charge >= 0.3 is 12.1 Å². The predicted octanol–water partition coefficient (Wildman–Crippen LogP) is 2.77. The van der Waals surface area contributed by atoms with Gasteiger partial charge in [0, 0.05) is 30.7 Å². The first kappa shape index (κ1) is 16.8. The van der Waals surface area contributed by atoms with Gasteiger partial charge in [-0.2, -0.15) is 13.2 Å². The maximum absolute atomic E-state index is 12.8. The van der Waals surface area contributed by atoms with Crippen LogP contribution in [0.25, 0.3) is 0 Å². The number of piperidine rings is 1. The Labute approximate surface area is 138 Å². The van der Waals surface area contributed by atoms with E-state index in [1.54, 1.807) is 4.90 Å². The van der Waals surface area contributed by atoms with E-state index in [0.717, 1.165) is 22.6 Å². The van der Waals surface area contributed by atoms with Crippen LogP contribution >= 0.6 is 0 Å². The fourth-order valence-corrected chi connectivity index (χ4v) is 3.61. The minimum Gasteiger partial charge on any atom is -0.335 e. The normalized spacial score (nSPS) is 21.8. The van der Waals surface area contributed by atoms with Gasteiger partial charge in [0.1, 0.15) is 0 Å². The number of likely N-dealkylation sites (tertiary alicyclic amines) is 1. The smallest absolute Gasteiger partial charge is 0.335 e. The minimum absolute atomic E-state index is 0.0291. The number of alkyl halides is 3. The van der Waals surface area contributed by atoms with E-state index in [9.17, 15) is 22.8 Å². The molecular weight excluding hydrogens is 321 g/mol. The van der Waals surface area contributed by atoms with E-state index in [0.29, 0.717) is 0 Å². The van der Waals surface area contributed by atoms with Gasteiger partial charge in [-0.25, -0.2) is 0 Å². The second-order valence-electron chi connectivity index (χ2n) is 6.45. The Hall–Kier alpha value is -2.05. The molecule has 0 bridgehead atoms. The number of hydrogen-bond acceptors (Lipinski definition) is 2. The number of benzene rings is 1. The molecule has 7 heteroatoms. The van der Waals surface area contributed by atoms with Crippen LogP contribution < -0.4 is 4.90 Å². The van der Waals surface area contributed by atoms with Crippen LogP contribution in [-0.4, -0.2) is 42.0 Å². The van der Waals surface area contributed by atoms with Crippen molar-refractivity contribution in [2.75, 3.05) is 18.0 Å². The van der Waals surface area contributed by atoms with Crippen molar-refractivity contribution in [2.24, 2.45) is 5.92 Å². The van der Waals surface area contributed by atoms with Crippen molar-refractivity contribution < 1.29 is 22.8 Å². The maximum Gasteiger partial charge on any atom is 0.471 e. The lowest BCUT2D eigenvalue weighted by molar-refractivity contribution is -0.186. The third-order valence-corrected chi connectivity index (χ3v) is 4.82. The van der Waals surface area contributed by atoms with Crippen LogP contribution in [0.2, 0.25) is 0 Å². The topological polar surface area (TPSA) is 40.6 Å². The molecule has 2 heterocycles. The van der Waals surface area contributed by atoms with Gasteiger partial charge in [-0.05, 0) is 37.8 Å². The molecule has 130 valence electrons. The monoisotopic (exact) mass is 340 g/mol. The minimum atomic E-state index is -4.85. The number of fused-ring (bicyclic) bond motifs is 1. The molecular formula is C17H19F3N2O2. The highest BCUT2D eigenvalue weighted by atomic mass is 19.4. The second kappa shape index (κ2) is 6.11. The zero-order valence-electron chi connectivity index (χ0n) is 13.3. The van der Waals surface area contributed by atoms with Crippen LogP contribution in [0.4, 0.5) is 18.9 Å². The maximum atomic E-state index is 12.8. The van der Waals surface area contributed by atoms with E-state index in [-0.39, 0.29) is 43.8 Å². The number of carbonyl (C=O) groups excluding carboxylic acids is 2. The Morgan fingerprint density at radius 2 is 1.75 bits per heavy atom. The number of carbonyl (C=O) groups is 2. The van der Waals surface area contributed by atoms with E-state index >= 15 is 0 Å². The summed E-state index contributed by atoms with van der Waals surface area (Å²) in [5.74, 6) is -2.20. The molecule has 1 unspecified atom stereocenters. The molecule has 1 fully saturated rings. The summed E-state index contributed by atoms with van der Waals surface area (Å²) in [4.78, 5) is 26.7. The summed E-state index contributed by atoms with van der Waals surface area (Å²) in [7, 11) is 0. The summed E-state index contributed by atoms with van der Waals surface area (Å²) in [5, 5.41) is 0. The number of rotatable bonds is 1. The molecule has 1 atom stereocenters. The standard InChI is InChI=1S/C17H19F3N2O2/c1-11-10-13-4-2-3-5-14(13)22(11)15(23)12-6-8-21(9-7-12)16(24)17(18,19)20/h2-5,11-12H,6-10H2,1H3. The first-order chi connectivity index (χ1) is 11.3. The van der Waals surface area contributed by atoms with Crippen molar-refractivity contribution >= 4 is 17.5 Å². The molecule has 0 aliphatic carbocycles. The lowest BCUT2D eigenvalue weighted by Gasteiger charge is -2.34. The van der Waals surface area contributed by atoms with Crippen molar-refractivity contribution in [3.63, 3.8) is 0 Å². The van der Waals surface area contributed by atoms with Crippen molar-refractivity contribution in [2.45, 2.75) is 38.4 Å². The van der Waals surface area contributed by atoms with Gasteiger partial charge in [0.2, 0.25) is 5.91 Å². The summed E-state index contributed by atoms with van der Waals surface area (Å²) in [5.41, 5.74) is 2.01. The predicted molar refractivity (Wildman–Crippen MR) is 82.5 cm³/mol. The Morgan fingerprint density at radius 3 is 2.38 bits per heavy atom. The van der Waals surface area contributed by atoms with Gasteiger partial charge in [-0.1, -0.05) is 18.2 Å². The quantitative estimate of drug-likeness (QED) is 0.789. The molecule has 0 radical (unpaired) electrons. The molecule has 1 aromatic rings. The first-order valence-electron chi connectivity index (χ1n) is 8.06. The van der Waals surface area contributed by atoms with E-state index in [1.165, 1.54) is 0 Å². The van der Waals surface area contributed by atoms with Crippen molar-refractivity contribution in [1.29, 1.82) is 0 Å². The van der Waals surface area contributed by atoms with Crippen molar-refractivity contribution in [3.05, 3.63) is 29.8 Å². The first-order valence-corrected chi connectivity index (χ1v) is 8.06. The molecule has 1 saturated heterocycles. The third-order valence-electron chi connectivity index (χ3n) is 4.82. The van der Waals surface area contributed by atoms with Crippen LogP contribution in [0.1, 0.15) is 25.3 Å². The van der Waals surface area contributed by atoms with E-state index in [4.69, 9.17) is 0 Å². The lowest BCUT2D eigenvalue weighted by Crippen LogP contribution is -2.49. The molecule has 24 heavy (non-hydrogen) atoms. The summed E-state index contributed by atoms with van der Waals surface area (Å²) in [6.45, 7) is 1.91. The molecule has 1 aromatic carbocycles. The number of hydrogen-bond donors (Lipinski definition) is 0. The Morgan fingerprint density at radius 1 is 1.12 bits per heavy atom. The second-order valence-corrected chi connectivity index (χ2v) is 6.45. The molecule has 0 saturated carbocycles. The van der Waals surface area contributed by atoms with Gasteiger partial charge in [-0.3, -0.25) is 9.59 Å². The molecule has 0 spiro atoms. The average Bonchev–Trinajstić information content (AvgIpc) is 2.88.